The van der Waals surface area contributed by atoms with Crippen molar-refractivity contribution in [3.05, 3.63) is 77.3 Å². The Kier molecular flexibility index (Phi) is 5.81. The number of hydrogen-bond acceptors (Lipinski definition) is 6. The highest BCUT2D eigenvalue weighted by Crippen LogP contribution is 2.31. The van der Waals surface area contributed by atoms with E-state index in [4.69, 9.17) is 16.3 Å². The lowest BCUT2D eigenvalue weighted by molar-refractivity contribution is 0.102. The quantitative estimate of drug-likeness (QED) is 0.410. The molecule has 1 aromatic heterocycles. The molecule has 10 heteroatoms. The lowest BCUT2D eigenvalue weighted by atomic mass is 10.2. The first kappa shape index (κ1) is 21.1. The van der Waals surface area contributed by atoms with Crippen molar-refractivity contribution in [1.82, 2.24) is 4.98 Å². The zero-order valence-corrected chi connectivity index (χ0v) is 18.5. The molecule has 0 saturated heterocycles. The fraction of sp³-hybridized carbons (Fsp3) is 0.0476. The summed E-state index contributed by atoms with van der Waals surface area (Å²) in [6, 6.07) is 17.7. The molecular weight excluding hydrogens is 458 g/mol. The van der Waals surface area contributed by atoms with E-state index >= 15 is 0 Å². The third-order valence-corrected chi connectivity index (χ3v) is 7.00. The first-order chi connectivity index (χ1) is 14.9. The van der Waals surface area contributed by atoms with E-state index in [0.717, 1.165) is 4.70 Å². The van der Waals surface area contributed by atoms with Crippen LogP contribution in [0.25, 0.3) is 10.2 Å². The van der Waals surface area contributed by atoms with Crippen LogP contribution in [0.2, 0.25) is 5.02 Å². The standard InChI is InChI=1S/C21H16ClN3O4S2/c1-29-13-9-11-14(12-10-13)31(27,28)25-17-7-3-2-5-15(17)20(26)24-21-23-19-16(22)6-4-8-18(19)30-21/h2-12,25H,1H3,(H,23,24,26). The summed E-state index contributed by atoms with van der Waals surface area (Å²) < 4.78 is 33.9. The molecule has 31 heavy (non-hydrogen) atoms. The van der Waals surface area contributed by atoms with Gasteiger partial charge in [-0.3, -0.25) is 14.8 Å². The van der Waals surface area contributed by atoms with E-state index in [-0.39, 0.29) is 16.1 Å². The summed E-state index contributed by atoms with van der Waals surface area (Å²) in [4.78, 5) is 17.3. The predicted molar refractivity (Wildman–Crippen MR) is 123 cm³/mol. The highest BCUT2D eigenvalue weighted by molar-refractivity contribution is 7.92. The molecule has 0 aliphatic rings. The molecule has 3 aromatic carbocycles. The molecular formula is C21H16ClN3O4S2. The van der Waals surface area contributed by atoms with Gasteiger partial charge in [0.1, 0.15) is 11.3 Å². The summed E-state index contributed by atoms with van der Waals surface area (Å²) in [5, 5.41) is 3.56. The Hall–Kier alpha value is -3.14. The summed E-state index contributed by atoms with van der Waals surface area (Å²) in [6.45, 7) is 0. The number of aromatic nitrogens is 1. The monoisotopic (exact) mass is 473 g/mol. The van der Waals surface area contributed by atoms with Gasteiger partial charge in [0.05, 0.1) is 33.0 Å². The normalized spacial score (nSPS) is 11.3. The van der Waals surface area contributed by atoms with Gasteiger partial charge >= 0.3 is 0 Å². The highest BCUT2D eigenvalue weighted by Gasteiger charge is 2.20. The largest absolute Gasteiger partial charge is 0.497 e. The predicted octanol–water partition coefficient (Wildman–Crippen LogP) is 5.01. The number of halogens is 1. The van der Waals surface area contributed by atoms with Gasteiger partial charge in [-0.05, 0) is 48.5 Å². The lowest BCUT2D eigenvalue weighted by Crippen LogP contribution is -2.18. The Morgan fingerprint density at radius 3 is 2.48 bits per heavy atom. The molecule has 0 bridgehead atoms. The number of nitrogens with zero attached hydrogens (tertiary/aromatic N) is 1. The second kappa shape index (κ2) is 8.54. The van der Waals surface area contributed by atoms with Gasteiger partial charge in [0.25, 0.3) is 15.9 Å². The van der Waals surface area contributed by atoms with Crippen molar-refractivity contribution >= 4 is 59.9 Å². The Morgan fingerprint density at radius 2 is 1.77 bits per heavy atom. The van der Waals surface area contributed by atoms with Gasteiger partial charge in [-0.25, -0.2) is 13.4 Å². The number of methoxy groups -OCH3 is 1. The molecule has 0 atom stereocenters. The van der Waals surface area contributed by atoms with Crippen LogP contribution in [-0.2, 0) is 10.0 Å². The number of anilines is 2. The molecule has 0 aliphatic carbocycles. The van der Waals surface area contributed by atoms with Crippen molar-refractivity contribution in [3.8, 4) is 5.75 Å². The van der Waals surface area contributed by atoms with E-state index in [9.17, 15) is 13.2 Å². The maximum atomic E-state index is 12.9. The number of ether oxygens (including phenoxy) is 1. The number of nitrogens with one attached hydrogen (secondary N) is 2. The molecule has 158 valence electrons. The van der Waals surface area contributed by atoms with Gasteiger partial charge in [-0.15, -0.1) is 0 Å². The average molecular weight is 474 g/mol. The topological polar surface area (TPSA) is 97.4 Å². The molecule has 4 rings (SSSR count). The number of thiazole rings is 1. The average Bonchev–Trinajstić information content (AvgIpc) is 3.17. The van der Waals surface area contributed by atoms with Crippen molar-refractivity contribution in [2.75, 3.05) is 17.1 Å². The number of carbonyl (C=O) groups excluding carboxylic acids is 1. The van der Waals surface area contributed by atoms with Gasteiger partial charge in [-0.1, -0.05) is 41.1 Å². The number of benzene rings is 3. The molecule has 1 amide bonds. The van der Waals surface area contributed by atoms with E-state index in [1.807, 2.05) is 6.07 Å². The molecule has 0 radical (unpaired) electrons. The Balaban J connectivity index is 1.59. The van der Waals surface area contributed by atoms with E-state index in [2.05, 4.69) is 15.0 Å². The molecule has 4 aromatic rings. The smallest absolute Gasteiger partial charge is 0.261 e. The molecule has 0 spiro atoms. The summed E-state index contributed by atoms with van der Waals surface area (Å²) in [5.74, 6) is 0.0397. The number of carbonyl (C=O) groups is 1. The number of hydrogen-bond donors (Lipinski definition) is 2. The Labute approximate surface area is 187 Å². The highest BCUT2D eigenvalue weighted by atomic mass is 35.5. The van der Waals surface area contributed by atoms with E-state index < -0.39 is 15.9 Å². The minimum atomic E-state index is -3.91. The van der Waals surface area contributed by atoms with Gasteiger partial charge in [0.2, 0.25) is 0 Å². The van der Waals surface area contributed by atoms with E-state index in [0.29, 0.717) is 21.4 Å². The van der Waals surface area contributed by atoms with Crippen LogP contribution in [0.4, 0.5) is 10.8 Å². The summed E-state index contributed by atoms with van der Waals surface area (Å²) >= 11 is 7.42. The number of rotatable bonds is 6. The van der Waals surface area contributed by atoms with Crippen LogP contribution >= 0.6 is 22.9 Å². The molecule has 1 heterocycles. The molecule has 0 aliphatic heterocycles. The minimum absolute atomic E-state index is 0.0457. The molecule has 0 fully saturated rings. The third-order valence-electron chi connectivity index (χ3n) is 4.38. The Morgan fingerprint density at radius 1 is 1.03 bits per heavy atom. The number of fused-ring (bicyclic) bond motifs is 1. The first-order valence-corrected chi connectivity index (χ1v) is 11.7. The van der Waals surface area contributed by atoms with Crippen molar-refractivity contribution in [2.45, 2.75) is 4.90 Å². The maximum absolute atomic E-state index is 12.9. The van der Waals surface area contributed by atoms with Crippen LogP contribution in [0, 0.1) is 0 Å². The van der Waals surface area contributed by atoms with Crippen molar-refractivity contribution in [3.63, 3.8) is 0 Å². The summed E-state index contributed by atoms with van der Waals surface area (Å²) in [7, 11) is -2.41. The van der Waals surface area contributed by atoms with Gasteiger partial charge in [0.15, 0.2) is 5.13 Å². The SMILES string of the molecule is COc1ccc(S(=O)(=O)Nc2ccccc2C(=O)Nc2nc3c(Cl)cccc3s2)cc1. The first-order valence-electron chi connectivity index (χ1n) is 9.00. The van der Waals surface area contributed by atoms with Gasteiger partial charge in [0, 0.05) is 0 Å². The third kappa shape index (κ3) is 4.48. The van der Waals surface area contributed by atoms with Crippen LogP contribution in [-0.4, -0.2) is 26.4 Å². The van der Waals surface area contributed by atoms with Crippen molar-refractivity contribution < 1.29 is 17.9 Å². The van der Waals surface area contributed by atoms with Crippen LogP contribution in [0.1, 0.15) is 10.4 Å². The number of para-hydroxylation sites is 2. The number of sulfonamides is 1. The minimum Gasteiger partial charge on any atom is -0.497 e. The summed E-state index contributed by atoms with van der Waals surface area (Å²) in [5.41, 5.74) is 0.901. The second-order valence-corrected chi connectivity index (χ2v) is 9.51. The van der Waals surface area contributed by atoms with E-state index in [1.54, 1.807) is 36.4 Å². The maximum Gasteiger partial charge on any atom is 0.261 e. The number of amides is 1. The second-order valence-electron chi connectivity index (χ2n) is 6.39. The molecule has 7 nitrogen and oxygen atoms in total. The molecule has 0 saturated carbocycles. The molecule has 2 N–H and O–H groups in total. The van der Waals surface area contributed by atoms with Gasteiger partial charge in [-0.2, -0.15) is 0 Å². The van der Waals surface area contributed by atoms with Crippen LogP contribution < -0.4 is 14.8 Å². The molecule has 0 unspecified atom stereocenters. The van der Waals surface area contributed by atoms with Crippen molar-refractivity contribution in [1.29, 1.82) is 0 Å². The lowest BCUT2D eigenvalue weighted by Gasteiger charge is -2.12. The van der Waals surface area contributed by atoms with Crippen LogP contribution in [0.3, 0.4) is 0 Å². The van der Waals surface area contributed by atoms with Crippen LogP contribution in [0.5, 0.6) is 5.75 Å². The fourth-order valence-corrected chi connectivity index (χ4v) is 5.10. The van der Waals surface area contributed by atoms with Crippen molar-refractivity contribution in [2.24, 2.45) is 0 Å². The van der Waals surface area contributed by atoms with Crippen LogP contribution in [0.15, 0.2) is 71.6 Å². The van der Waals surface area contributed by atoms with E-state index in [1.165, 1.54) is 42.7 Å². The summed E-state index contributed by atoms with van der Waals surface area (Å²) in [6.07, 6.45) is 0. The zero-order chi connectivity index (χ0) is 22.0. The van der Waals surface area contributed by atoms with Gasteiger partial charge < -0.3 is 4.74 Å². The Bertz CT molecular complexity index is 1370. The fourth-order valence-electron chi connectivity index (χ4n) is 2.86. The zero-order valence-electron chi connectivity index (χ0n) is 16.1.